The number of allylic oxidation sites excluding steroid dienone is 1. The van der Waals surface area contributed by atoms with Crippen LogP contribution in [0, 0.1) is 0 Å². The lowest BCUT2D eigenvalue weighted by molar-refractivity contribution is 0.759. The lowest BCUT2D eigenvalue weighted by atomic mass is 9.93. The zero-order valence-electron chi connectivity index (χ0n) is 12.5. The molecule has 0 saturated heterocycles. The van der Waals surface area contributed by atoms with E-state index in [4.69, 9.17) is 5.73 Å². The molecule has 0 radical (unpaired) electrons. The standard InChI is InChI=1S/C20H23N/c21-15-7-1-2-12-20-18-10-5-3-8-16(18)13-14-17-9-4-6-11-19(17)20/h3-6,8-12H,1-2,7,13-15,21H2. The van der Waals surface area contributed by atoms with Gasteiger partial charge in [-0.3, -0.25) is 0 Å². The van der Waals surface area contributed by atoms with Crippen LogP contribution >= 0.6 is 0 Å². The van der Waals surface area contributed by atoms with Gasteiger partial charge in [-0.2, -0.15) is 0 Å². The van der Waals surface area contributed by atoms with Crippen LogP contribution in [0.4, 0.5) is 0 Å². The zero-order chi connectivity index (χ0) is 14.5. The summed E-state index contributed by atoms with van der Waals surface area (Å²) in [6.07, 6.45) is 8.06. The Labute approximate surface area is 127 Å². The first-order chi connectivity index (χ1) is 10.4. The van der Waals surface area contributed by atoms with Gasteiger partial charge in [-0.1, -0.05) is 54.6 Å². The number of hydrogen-bond acceptors (Lipinski definition) is 1. The number of aryl methyl sites for hydroxylation is 2. The van der Waals surface area contributed by atoms with Gasteiger partial charge in [-0.25, -0.2) is 0 Å². The molecule has 2 aromatic carbocycles. The first-order valence-electron chi connectivity index (χ1n) is 7.97. The quantitative estimate of drug-likeness (QED) is 0.826. The number of fused-ring (bicyclic) bond motifs is 2. The van der Waals surface area contributed by atoms with E-state index in [1.54, 1.807) is 0 Å². The highest BCUT2D eigenvalue weighted by Gasteiger charge is 2.16. The summed E-state index contributed by atoms with van der Waals surface area (Å²) in [6, 6.07) is 17.7. The van der Waals surface area contributed by atoms with Crippen molar-refractivity contribution in [2.24, 2.45) is 5.73 Å². The van der Waals surface area contributed by atoms with E-state index in [9.17, 15) is 0 Å². The van der Waals surface area contributed by atoms with Crippen LogP contribution in [0.25, 0.3) is 5.57 Å². The Morgan fingerprint density at radius 3 is 1.95 bits per heavy atom. The molecule has 1 aliphatic carbocycles. The molecule has 0 heterocycles. The molecular formula is C20H23N. The van der Waals surface area contributed by atoms with Crippen molar-refractivity contribution in [2.45, 2.75) is 32.1 Å². The van der Waals surface area contributed by atoms with Crippen LogP contribution in [-0.4, -0.2) is 6.54 Å². The van der Waals surface area contributed by atoms with E-state index < -0.39 is 0 Å². The maximum Gasteiger partial charge on any atom is -0.00772 e. The minimum Gasteiger partial charge on any atom is -0.330 e. The Balaban J connectivity index is 2.03. The van der Waals surface area contributed by atoms with Gasteiger partial charge in [0.1, 0.15) is 0 Å². The predicted molar refractivity (Wildman–Crippen MR) is 90.3 cm³/mol. The molecule has 0 bridgehead atoms. The van der Waals surface area contributed by atoms with E-state index in [-0.39, 0.29) is 0 Å². The summed E-state index contributed by atoms with van der Waals surface area (Å²) < 4.78 is 0. The molecule has 0 amide bonds. The zero-order valence-corrected chi connectivity index (χ0v) is 12.5. The Morgan fingerprint density at radius 2 is 1.38 bits per heavy atom. The molecule has 0 aliphatic heterocycles. The van der Waals surface area contributed by atoms with Crippen molar-refractivity contribution < 1.29 is 0 Å². The van der Waals surface area contributed by atoms with Crippen LogP contribution < -0.4 is 5.73 Å². The van der Waals surface area contributed by atoms with Gasteiger partial charge in [0.05, 0.1) is 0 Å². The fourth-order valence-electron chi connectivity index (χ4n) is 3.17. The normalized spacial score (nSPS) is 13.3. The highest BCUT2D eigenvalue weighted by atomic mass is 14.5. The first kappa shape index (κ1) is 14.1. The number of unbranched alkanes of at least 4 members (excludes halogenated alkanes) is 2. The molecule has 1 heteroatoms. The smallest absolute Gasteiger partial charge is 0.00772 e. The molecule has 2 N–H and O–H groups in total. The number of rotatable bonds is 4. The molecule has 0 atom stereocenters. The van der Waals surface area contributed by atoms with Crippen LogP contribution in [-0.2, 0) is 12.8 Å². The molecule has 21 heavy (non-hydrogen) atoms. The van der Waals surface area contributed by atoms with Crippen molar-refractivity contribution in [1.82, 2.24) is 0 Å². The summed E-state index contributed by atoms with van der Waals surface area (Å²) in [6.45, 7) is 0.788. The minimum atomic E-state index is 0.788. The van der Waals surface area contributed by atoms with Gasteiger partial charge in [0.2, 0.25) is 0 Å². The van der Waals surface area contributed by atoms with E-state index in [0.29, 0.717) is 0 Å². The summed E-state index contributed by atoms with van der Waals surface area (Å²) in [7, 11) is 0. The SMILES string of the molecule is NCCCCC=C1c2ccccc2CCc2ccccc21. The second kappa shape index (κ2) is 6.73. The Kier molecular flexibility index (Phi) is 4.52. The molecule has 1 aliphatic rings. The van der Waals surface area contributed by atoms with Crippen LogP contribution in [0.15, 0.2) is 54.6 Å². The highest BCUT2D eigenvalue weighted by Crippen LogP contribution is 2.33. The van der Waals surface area contributed by atoms with Gasteiger partial charge < -0.3 is 5.73 Å². The molecule has 0 fully saturated rings. The van der Waals surface area contributed by atoms with E-state index in [1.807, 2.05) is 0 Å². The molecule has 0 saturated carbocycles. The van der Waals surface area contributed by atoms with Crippen molar-refractivity contribution >= 4 is 5.57 Å². The van der Waals surface area contributed by atoms with E-state index in [0.717, 1.165) is 32.2 Å². The maximum atomic E-state index is 5.61. The first-order valence-corrected chi connectivity index (χ1v) is 7.97. The molecule has 0 aromatic heterocycles. The van der Waals surface area contributed by atoms with Crippen LogP contribution in [0.3, 0.4) is 0 Å². The van der Waals surface area contributed by atoms with Crippen molar-refractivity contribution in [1.29, 1.82) is 0 Å². The molecule has 0 unspecified atom stereocenters. The lowest BCUT2D eigenvalue weighted by Gasteiger charge is -2.12. The maximum absolute atomic E-state index is 5.61. The van der Waals surface area contributed by atoms with E-state index in [2.05, 4.69) is 54.6 Å². The second-order valence-corrected chi connectivity index (χ2v) is 5.72. The van der Waals surface area contributed by atoms with Crippen molar-refractivity contribution in [3.8, 4) is 0 Å². The third-order valence-electron chi connectivity index (χ3n) is 4.29. The van der Waals surface area contributed by atoms with Gasteiger partial charge in [-0.15, -0.1) is 0 Å². The highest BCUT2D eigenvalue weighted by molar-refractivity contribution is 5.83. The Hall–Kier alpha value is -1.86. The van der Waals surface area contributed by atoms with Gasteiger partial charge in [0.25, 0.3) is 0 Å². The lowest BCUT2D eigenvalue weighted by Crippen LogP contribution is -1.97. The van der Waals surface area contributed by atoms with Gasteiger partial charge in [0.15, 0.2) is 0 Å². The monoisotopic (exact) mass is 277 g/mol. The summed E-state index contributed by atoms with van der Waals surface area (Å²) in [5.41, 5.74) is 12.8. The molecule has 108 valence electrons. The van der Waals surface area contributed by atoms with Gasteiger partial charge >= 0.3 is 0 Å². The van der Waals surface area contributed by atoms with Crippen LogP contribution in [0.2, 0.25) is 0 Å². The summed E-state index contributed by atoms with van der Waals surface area (Å²) in [5.74, 6) is 0. The van der Waals surface area contributed by atoms with E-state index >= 15 is 0 Å². The topological polar surface area (TPSA) is 26.0 Å². The predicted octanol–water partition coefficient (Wildman–Crippen LogP) is 4.35. The summed E-state index contributed by atoms with van der Waals surface area (Å²) in [4.78, 5) is 0. The number of benzene rings is 2. The average molecular weight is 277 g/mol. The minimum absolute atomic E-state index is 0.788. The van der Waals surface area contributed by atoms with Crippen LogP contribution in [0.5, 0.6) is 0 Å². The second-order valence-electron chi connectivity index (χ2n) is 5.72. The molecule has 0 spiro atoms. The van der Waals surface area contributed by atoms with Crippen molar-refractivity contribution in [2.75, 3.05) is 6.54 Å². The average Bonchev–Trinajstić information content (AvgIpc) is 2.69. The van der Waals surface area contributed by atoms with Gasteiger partial charge in [-0.05, 0) is 66.5 Å². The van der Waals surface area contributed by atoms with Crippen molar-refractivity contribution in [3.63, 3.8) is 0 Å². The molecular weight excluding hydrogens is 254 g/mol. The van der Waals surface area contributed by atoms with Gasteiger partial charge in [0, 0.05) is 0 Å². The largest absolute Gasteiger partial charge is 0.330 e. The molecule has 3 rings (SSSR count). The number of nitrogens with two attached hydrogens (primary N) is 1. The van der Waals surface area contributed by atoms with E-state index in [1.165, 1.54) is 34.2 Å². The summed E-state index contributed by atoms with van der Waals surface area (Å²) >= 11 is 0. The summed E-state index contributed by atoms with van der Waals surface area (Å²) in [5, 5.41) is 0. The Morgan fingerprint density at radius 1 is 0.810 bits per heavy atom. The molecule has 2 aromatic rings. The fraction of sp³-hybridized carbons (Fsp3) is 0.300. The number of hydrogen-bond donors (Lipinski definition) is 1. The fourth-order valence-corrected chi connectivity index (χ4v) is 3.17. The Bertz CT molecular complexity index is 590. The van der Waals surface area contributed by atoms with Crippen molar-refractivity contribution in [3.05, 3.63) is 76.9 Å². The third kappa shape index (κ3) is 3.08. The van der Waals surface area contributed by atoms with Crippen LogP contribution in [0.1, 0.15) is 41.5 Å². The third-order valence-corrected chi connectivity index (χ3v) is 4.29. The molecule has 1 nitrogen and oxygen atoms in total.